The van der Waals surface area contributed by atoms with Crippen LogP contribution in [0, 0.1) is 0 Å². The van der Waals surface area contributed by atoms with Gasteiger partial charge in [-0.2, -0.15) is 0 Å². The number of allylic oxidation sites excluding steroid dienone is 1. The number of unbranched alkanes of at least 4 members (excludes halogenated alkanes) is 6. The van der Waals surface area contributed by atoms with Gasteiger partial charge in [-0.15, -0.1) is 0 Å². The lowest BCUT2D eigenvalue weighted by Crippen LogP contribution is -2.27. The molecule has 0 saturated heterocycles. The smallest absolute Gasteiger partial charge is 0.243 e. The second kappa shape index (κ2) is 12.9. The fourth-order valence-electron chi connectivity index (χ4n) is 2.24. The van der Waals surface area contributed by atoms with Crippen LogP contribution in [0.5, 0.6) is 0 Å². The van der Waals surface area contributed by atoms with Gasteiger partial charge in [-0.25, -0.2) is 0 Å². The summed E-state index contributed by atoms with van der Waals surface area (Å²) in [5.74, 6) is 0.000782. The van der Waals surface area contributed by atoms with E-state index in [-0.39, 0.29) is 5.91 Å². The van der Waals surface area contributed by atoms with E-state index in [1.807, 2.05) is 36.4 Å². The number of benzene rings is 1. The van der Waals surface area contributed by atoms with Crippen molar-refractivity contribution in [2.24, 2.45) is 0 Å². The normalized spacial score (nSPS) is 10.8. The summed E-state index contributed by atoms with van der Waals surface area (Å²) in [6, 6.07) is 10.0. The molecule has 0 heterocycles. The second-order valence-electron chi connectivity index (χ2n) is 5.54. The van der Waals surface area contributed by atoms with Crippen LogP contribution in [0.25, 0.3) is 0 Å². The maximum absolute atomic E-state index is 11.6. The average molecular weight is 302 g/mol. The lowest BCUT2D eigenvalue weighted by Gasteiger charge is -2.06. The Morgan fingerprint density at radius 3 is 2.50 bits per heavy atom. The van der Waals surface area contributed by atoms with Gasteiger partial charge >= 0.3 is 0 Å². The molecule has 0 radical (unpaired) electrons. The van der Waals surface area contributed by atoms with Crippen molar-refractivity contribution in [3.63, 3.8) is 0 Å². The second-order valence-corrected chi connectivity index (χ2v) is 5.54. The van der Waals surface area contributed by atoms with Gasteiger partial charge in [-0.3, -0.25) is 4.79 Å². The molecular formula is C19H30N2O. The average Bonchev–Trinajstić information content (AvgIpc) is 2.55. The SMILES string of the molecule is CCCCCCCCC=CC(=O)NCCNc1ccccc1. The lowest BCUT2D eigenvalue weighted by molar-refractivity contribution is -0.116. The highest BCUT2D eigenvalue weighted by molar-refractivity contribution is 5.87. The molecule has 0 aliphatic heterocycles. The highest BCUT2D eigenvalue weighted by Gasteiger charge is 1.94. The first-order valence-corrected chi connectivity index (χ1v) is 8.56. The van der Waals surface area contributed by atoms with Crippen LogP contribution in [0.15, 0.2) is 42.5 Å². The minimum atomic E-state index is 0.000782. The zero-order valence-corrected chi connectivity index (χ0v) is 13.8. The highest BCUT2D eigenvalue weighted by atomic mass is 16.1. The molecule has 0 aliphatic rings. The monoisotopic (exact) mass is 302 g/mol. The Bertz CT molecular complexity index is 415. The van der Waals surface area contributed by atoms with Crippen molar-refractivity contribution in [3.8, 4) is 0 Å². The van der Waals surface area contributed by atoms with E-state index in [1.54, 1.807) is 6.08 Å². The van der Waals surface area contributed by atoms with E-state index in [0.717, 1.165) is 18.7 Å². The van der Waals surface area contributed by atoms with Gasteiger partial charge in [-0.05, 0) is 31.1 Å². The predicted octanol–water partition coefficient (Wildman–Crippen LogP) is 4.52. The molecule has 22 heavy (non-hydrogen) atoms. The Kier molecular flexibility index (Phi) is 10.7. The zero-order chi connectivity index (χ0) is 15.9. The number of nitrogens with one attached hydrogen (secondary N) is 2. The van der Waals surface area contributed by atoms with Crippen LogP contribution in [0.3, 0.4) is 0 Å². The van der Waals surface area contributed by atoms with Crippen molar-refractivity contribution in [2.45, 2.75) is 51.9 Å². The fourth-order valence-corrected chi connectivity index (χ4v) is 2.24. The van der Waals surface area contributed by atoms with Crippen molar-refractivity contribution < 1.29 is 4.79 Å². The van der Waals surface area contributed by atoms with Crippen molar-refractivity contribution in [1.82, 2.24) is 5.32 Å². The fraction of sp³-hybridized carbons (Fsp3) is 0.526. The van der Waals surface area contributed by atoms with Gasteiger partial charge in [0, 0.05) is 18.8 Å². The van der Waals surface area contributed by atoms with Crippen molar-refractivity contribution in [2.75, 3.05) is 18.4 Å². The molecule has 0 saturated carbocycles. The molecule has 0 aromatic heterocycles. The number of hydrogen-bond acceptors (Lipinski definition) is 2. The number of amides is 1. The first-order valence-electron chi connectivity index (χ1n) is 8.56. The van der Waals surface area contributed by atoms with Gasteiger partial charge in [-0.1, -0.05) is 63.3 Å². The van der Waals surface area contributed by atoms with Crippen LogP contribution in [0.1, 0.15) is 51.9 Å². The molecule has 0 spiro atoms. The largest absolute Gasteiger partial charge is 0.383 e. The summed E-state index contributed by atoms with van der Waals surface area (Å²) in [5.41, 5.74) is 1.08. The van der Waals surface area contributed by atoms with Crippen LogP contribution < -0.4 is 10.6 Å². The van der Waals surface area contributed by atoms with Gasteiger partial charge < -0.3 is 10.6 Å². The molecule has 122 valence electrons. The van der Waals surface area contributed by atoms with Crippen molar-refractivity contribution in [1.29, 1.82) is 0 Å². The van der Waals surface area contributed by atoms with E-state index in [1.165, 1.54) is 38.5 Å². The van der Waals surface area contributed by atoms with Gasteiger partial charge in [0.1, 0.15) is 0 Å². The summed E-state index contributed by atoms with van der Waals surface area (Å²) >= 11 is 0. The van der Waals surface area contributed by atoms with Gasteiger partial charge in [0.05, 0.1) is 0 Å². The molecule has 3 nitrogen and oxygen atoms in total. The summed E-state index contributed by atoms with van der Waals surface area (Å²) in [5, 5.41) is 6.15. The highest BCUT2D eigenvalue weighted by Crippen LogP contribution is 2.07. The van der Waals surface area contributed by atoms with Crippen molar-refractivity contribution >= 4 is 11.6 Å². The quantitative estimate of drug-likeness (QED) is 0.440. The number of rotatable bonds is 12. The van der Waals surface area contributed by atoms with E-state index in [4.69, 9.17) is 0 Å². The van der Waals surface area contributed by atoms with E-state index in [9.17, 15) is 4.79 Å². The van der Waals surface area contributed by atoms with Gasteiger partial charge in [0.15, 0.2) is 0 Å². The summed E-state index contributed by atoms with van der Waals surface area (Å²) in [7, 11) is 0. The van der Waals surface area contributed by atoms with Gasteiger partial charge in [0.2, 0.25) is 5.91 Å². The number of para-hydroxylation sites is 1. The van der Waals surface area contributed by atoms with E-state index in [0.29, 0.717) is 6.54 Å². The molecule has 2 N–H and O–H groups in total. The Hall–Kier alpha value is -1.77. The van der Waals surface area contributed by atoms with Crippen LogP contribution in [0.2, 0.25) is 0 Å². The number of hydrogen-bond donors (Lipinski definition) is 2. The summed E-state index contributed by atoms with van der Waals surface area (Å²) in [4.78, 5) is 11.6. The molecule has 0 aliphatic carbocycles. The zero-order valence-electron chi connectivity index (χ0n) is 13.8. The lowest BCUT2D eigenvalue weighted by atomic mass is 10.1. The number of anilines is 1. The van der Waals surface area contributed by atoms with Crippen LogP contribution in [0.4, 0.5) is 5.69 Å². The molecule has 0 atom stereocenters. The standard InChI is InChI=1S/C19H30N2O/c1-2-3-4-5-6-7-8-12-15-19(22)21-17-16-20-18-13-10-9-11-14-18/h9-15,20H,2-8,16-17H2,1H3,(H,21,22). The maximum Gasteiger partial charge on any atom is 0.243 e. The molecule has 0 unspecified atom stereocenters. The molecular weight excluding hydrogens is 272 g/mol. The third kappa shape index (κ3) is 10.0. The Balaban J connectivity index is 1.95. The number of carbonyl (C=O) groups is 1. The summed E-state index contributed by atoms with van der Waals surface area (Å²) in [6.45, 7) is 3.60. The first kappa shape index (κ1) is 18.3. The molecule has 1 aromatic carbocycles. The first-order chi connectivity index (χ1) is 10.8. The minimum absolute atomic E-state index is 0.000782. The van der Waals surface area contributed by atoms with Crippen molar-refractivity contribution in [3.05, 3.63) is 42.5 Å². The minimum Gasteiger partial charge on any atom is -0.383 e. The van der Waals surface area contributed by atoms with Gasteiger partial charge in [0.25, 0.3) is 0 Å². The molecule has 1 amide bonds. The molecule has 0 fully saturated rings. The molecule has 1 rings (SSSR count). The van der Waals surface area contributed by atoms with E-state index >= 15 is 0 Å². The maximum atomic E-state index is 11.6. The predicted molar refractivity (Wildman–Crippen MR) is 95.1 cm³/mol. The molecule has 3 heteroatoms. The molecule has 0 bridgehead atoms. The molecule has 1 aromatic rings. The summed E-state index contributed by atoms with van der Waals surface area (Å²) in [6.07, 6.45) is 12.4. The third-order valence-electron chi connectivity index (χ3n) is 3.52. The van der Waals surface area contributed by atoms with E-state index in [2.05, 4.69) is 17.6 Å². The third-order valence-corrected chi connectivity index (χ3v) is 3.52. The topological polar surface area (TPSA) is 41.1 Å². The Labute approximate surface area is 135 Å². The van der Waals surface area contributed by atoms with Crippen LogP contribution in [-0.4, -0.2) is 19.0 Å². The van der Waals surface area contributed by atoms with E-state index < -0.39 is 0 Å². The Morgan fingerprint density at radius 2 is 1.73 bits per heavy atom. The number of carbonyl (C=O) groups excluding carboxylic acids is 1. The Morgan fingerprint density at radius 1 is 1.00 bits per heavy atom. The summed E-state index contributed by atoms with van der Waals surface area (Å²) < 4.78 is 0. The van der Waals surface area contributed by atoms with Crippen LogP contribution >= 0.6 is 0 Å². The van der Waals surface area contributed by atoms with Crippen LogP contribution in [-0.2, 0) is 4.79 Å².